The van der Waals surface area contributed by atoms with E-state index in [-0.39, 0.29) is 36.0 Å². The topological polar surface area (TPSA) is 52.2 Å². The van der Waals surface area contributed by atoms with Crippen LogP contribution in [0.4, 0.5) is 11.4 Å². The minimum absolute atomic E-state index is 0. The van der Waals surface area contributed by atoms with Gasteiger partial charge in [-0.25, -0.2) is 0 Å². The predicted molar refractivity (Wildman–Crippen MR) is 79.9 cm³/mol. The van der Waals surface area contributed by atoms with Crippen LogP contribution in [0.5, 0.6) is 0 Å². The third-order valence-corrected chi connectivity index (χ3v) is 3.49. The van der Waals surface area contributed by atoms with Gasteiger partial charge in [-0.3, -0.25) is 0 Å². The Morgan fingerprint density at radius 3 is 2.29 bits per heavy atom. The van der Waals surface area contributed by atoms with Crippen molar-refractivity contribution in [3.05, 3.63) is 57.0 Å². The van der Waals surface area contributed by atoms with E-state index in [1.165, 1.54) is 0 Å². The number of para-hydroxylation sites is 1. The molecule has 104 valence electrons. The van der Waals surface area contributed by atoms with Crippen molar-refractivity contribution in [2.24, 2.45) is 0 Å². The smallest absolute Gasteiger partial charge is 0.550 e. The summed E-state index contributed by atoms with van der Waals surface area (Å²) in [6.07, 6.45) is -0.259. The molecular weight excluding hydrogens is 344 g/mol. The zero-order chi connectivity index (χ0) is 14.7. The molecule has 2 aromatic rings. The van der Waals surface area contributed by atoms with Crippen molar-refractivity contribution in [3.63, 3.8) is 0 Å². The largest absolute Gasteiger partial charge is 1.00 e. The Morgan fingerprint density at radius 1 is 1.10 bits per heavy atom. The van der Waals surface area contributed by atoms with Crippen molar-refractivity contribution >= 4 is 52.1 Å². The second-order valence-corrected chi connectivity index (χ2v) is 5.32. The van der Waals surface area contributed by atoms with Gasteiger partial charge in [-0.15, -0.1) is 0 Å². The van der Waals surface area contributed by atoms with Crippen molar-refractivity contribution < 1.29 is 39.5 Å². The summed E-state index contributed by atoms with van der Waals surface area (Å²) in [6, 6.07) is 9.96. The Balaban J connectivity index is 0.00000220. The molecule has 0 saturated carbocycles. The monoisotopic (exact) mass is 351 g/mol. The van der Waals surface area contributed by atoms with E-state index >= 15 is 0 Å². The Labute approximate surface area is 159 Å². The Morgan fingerprint density at radius 2 is 1.71 bits per heavy atom. The van der Waals surface area contributed by atoms with E-state index < -0.39 is 5.97 Å². The predicted octanol–water partition coefficient (Wildman–Crippen LogP) is 0.687. The van der Waals surface area contributed by atoms with Crippen LogP contribution in [0.2, 0.25) is 15.1 Å². The first-order valence-corrected chi connectivity index (χ1v) is 6.80. The number of halogens is 3. The number of aliphatic carboxylic acids is 1. The second kappa shape index (κ2) is 8.28. The SMILES string of the molecule is O=C([O-])Cc1cc(Cl)ccc1Nc1c(Cl)cccc1Cl.[Na+]. The molecule has 2 rings (SSSR count). The third-order valence-electron chi connectivity index (χ3n) is 2.62. The standard InChI is InChI=1S/C14H10Cl3NO2.Na/c15-9-4-5-12(8(6-9)7-13(19)20)18-14-10(16)2-1-3-11(14)17;/h1-6,18H,7H2,(H,19,20);/q;+1/p-1. The molecule has 0 atom stereocenters. The molecule has 0 amide bonds. The van der Waals surface area contributed by atoms with Crippen LogP contribution in [0.25, 0.3) is 0 Å². The fraction of sp³-hybridized carbons (Fsp3) is 0.0714. The molecule has 21 heavy (non-hydrogen) atoms. The van der Waals surface area contributed by atoms with Crippen LogP contribution in [0, 0.1) is 0 Å². The summed E-state index contributed by atoms with van der Waals surface area (Å²) in [5.74, 6) is -1.19. The molecular formula is C14H9Cl3NNaO2. The number of benzene rings is 2. The van der Waals surface area contributed by atoms with Crippen molar-refractivity contribution in [1.29, 1.82) is 0 Å². The minimum Gasteiger partial charge on any atom is -0.550 e. The molecule has 0 aliphatic carbocycles. The third kappa shape index (κ3) is 5.06. The van der Waals surface area contributed by atoms with Gasteiger partial charge in [-0.2, -0.15) is 0 Å². The van der Waals surface area contributed by atoms with E-state index in [4.69, 9.17) is 34.8 Å². The van der Waals surface area contributed by atoms with E-state index in [1.807, 2.05) is 0 Å². The van der Waals surface area contributed by atoms with Crippen LogP contribution in [0.1, 0.15) is 5.56 Å². The number of carboxylic acid groups (broad SMARTS) is 1. The van der Waals surface area contributed by atoms with Gasteiger partial charge < -0.3 is 15.2 Å². The maximum atomic E-state index is 10.8. The van der Waals surface area contributed by atoms with Gasteiger partial charge in [-0.1, -0.05) is 40.9 Å². The van der Waals surface area contributed by atoms with E-state index in [1.54, 1.807) is 36.4 Å². The van der Waals surface area contributed by atoms with Gasteiger partial charge in [0.15, 0.2) is 0 Å². The number of rotatable bonds is 4. The number of carbonyl (C=O) groups is 1. The first-order valence-electron chi connectivity index (χ1n) is 5.66. The molecule has 0 aromatic heterocycles. The molecule has 0 radical (unpaired) electrons. The number of hydrogen-bond donors (Lipinski definition) is 1. The average Bonchev–Trinajstić information content (AvgIpc) is 2.35. The number of carboxylic acids is 1. The second-order valence-electron chi connectivity index (χ2n) is 4.07. The molecule has 0 unspecified atom stereocenters. The molecule has 0 saturated heterocycles. The van der Waals surface area contributed by atoms with Crippen LogP contribution >= 0.6 is 34.8 Å². The molecule has 0 aliphatic rings. The molecule has 2 aromatic carbocycles. The van der Waals surface area contributed by atoms with Crippen LogP contribution in [0.15, 0.2) is 36.4 Å². The Hall–Kier alpha value is -0.420. The Kier molecular flexibility index (Phi) is 7.34. The zero-order valence-corrected chi connectivity index (χ0v) is 15.4. The number of hydrogen-bond acceptors (Lipinski definition) is 3. The first kappa shape index (κ1) is 18.6. The van der Waals surface area contributed by atoms with Crippen molar-refractivity contribution in [2.45, 2.75) is 6.42 Å². The summed E-state index contributed by atoms with van der Waals surface area (Å²) >= 11 is 18.0. The van der Waals surface area contributed by atoms with Gasteiger partial charge in [0.2, 0.25) is 0 Å². The van der Waals surface area contributed by atoms with Gasteiger partial charge in [0.1, 0.15) is 0 Å². The summed E-state index contributed by atoms with van der Waals surface area (Å²) in [7, 11) is 0. The van der Waals surface area contributed by atoms with Crippen molar-refractivity contribution in [2.75, 3.05) is 5.32 Å². The summed E-state index contributed by atoms with van der Waals surface area (Å²) < 4.78 is 0. The molecule has 0 heterocycles. The molecule has 0 bridgehead atoms. The molecule has 3 nitrogen and oxygen atoms in total. The number of carbonyl (C=O) groups excluding carboxylic acids is 1. The van der Waals surface area contributed by atoms with Gasteiger partial charge in [0, 0.05) is 23.1 Å². The Bertz CT molecular complexity index is 644. The summed E-state index contributed by atoms with van der Waals surface area (Å²) in [4.78, 5) is 10.8. The minimum atomic E-state index is -1.19. The average molecular weight is 353 g/mol. The molecule has 0 fully saturated rings. The van der Waals surface area contributed by atoms with E-state index in [9.17, 15) is 9.90 Å². The van der Waals surface area contributed by atoms with Gasteiger partial charge >= 0.3 is 29.6 Å². The van der Waals surface area contributed by atoms with Crippen LogP contribution in [0.3, 0.4) is 0 Å². The summed E-state index contributed by atoms with van der Waals surface area (Å²) in [6.45, 7) is 0. The molecule has 0 aliphatic heterocycles. The maximum Gasteiger partial charge on any atom is 1.00 e. The quantitative estimate of drug-likeness (QED) is 0.824. The van der Waals surface area contributed by atoms with Gasteiger partial charge in [-0.05, 0) is 35.9 Å². The normalized spacial score (nSPS) is 9.86. The first-order chi connectivity index (χ1) is 9.47. The fourth-order valence-corrected chi connectivity index (χ4v) is 2.42. The summed E-state index contributed by atoms with van der Waals surface area (Å²) in [5, 5.41) is 15.1. The van der Waals surface area contributed by atoms with Crippen molar-refractivity contribution in [3.8, 4) is 0 Å². The van der Waals surface area contributed by atoms with Crippen LogP contribution in [-0.4, -0.2) is 5.97 Å². The molecule has 0 spiro atoms. The van der Waals surface area contributed by atoms with Gasteiger partial charge in [0.25, 0.3) is 0 Å². The van der Waals surface area contributed by atoms with E-state index in [0.29, 0.717) is 32.0 Å². The summed E-state index contributed by atoms with van der Waals surface area (Å²) in [5.41, 5.74) is 1.57. The van der Waals surface area contributed by atoms with Crippen LogP contribution in [-0.2, 0) is 11.2 Å². The van der Waals surface area contributed by atoms with E-state index in [0.717, 1.165) is 0 Å². The van der Waals surface area contributed by atoms with E-state index in [2.05, 4.69) is 5.32 Å². The zero-order valence-electron chi connectivity index (χ0n) is 11.1. The molecule has 1 N–H and O–H groups in total. The van der Waals surface area contributed by atoms with Crippen LogP contribution < -0.4 is 40.0 Å². The molecule has 7 heteroatoms. The van der Waals surface area contributed by atoms with Crippen molar-refractivity contribution in [1.82, 2.24) is 0 Å². The maximum absolute atomic E-state index is 10.8. The fourth-order valence-electron chi connectivity index (χ4n) is 1.74. The van der Waals surface area contributed by atoms with Gasteiger partial charge in [0.05, 0.1) is 15.7 Å². The number of nitrogens with one attached hydrogen (secondary N) is 1. The number of anilines is 2.